The molecule has 0 saturated carbocycles. The van der Waals surface area contributed by atoms with Crippen LogP contribution in [0.5, 0.6) is 0 Å². The molecule has 0 bridgehead atoms. The third kappa shape index (κ3) is 4.91. The van der Waals surface area contributed by atoms with Crippen LogP contribution in [-0.2, 0) is 4.74 Å². The van der Waals surface area contributed by atoms with Gasteiger partial charge in [-0.2, -0.15) is 0 Å². The maximum Gasteiger partial charge on any atom is 0.0629 e. The fourth-order valence-corrected chi connectivity index (χ4v) is 1.48. The lowest BCUT2D eigenvalue weighted by Gasteiger charge is -2.30. The monoisotopic (exact) mass is 204 g/mol. The molecular weight excluding hydrogens is 180 g/mol. The zero-order chi connectivity index (χ0) is 11.0. The first-order valence-corrected chi connectivity index (χ1v) is 5.23. The maximum absolute atomic E-state index is 9.22. The van der Waals surface area contributed by atoms with Crippen LogP contribution in [0.2, 0.25) is 0 Å². The fourth-order valence-electron chi connectivity index (χ4n) is 1.48. The van der Waals surface area contributed by atoms with E-state index in [2.05, 4.69) is 11.8 Å². The summed E-state index contributed by atoms with van der Waals surface area (Å²) in [6.45, 7) is 3.70. The van der Waals surface area contributed by atoms with E-state index < -0.39 is 0 Å². The number of ether oxygens (including phenoxy) is 1. The zero-order valence-electron chi connectivity index (χ0n) is 9.57. The summed E-state index contributed by atoms with van der Waals surface area (Å²) in [6.07, 6.45) is 2.29. The molecule has 14 heavy (non-hydrogen) atoms. The summed E-state index contributed by atoms with van der Waals surface area (Å²) in [6, 6.07) is -0.117. The Balaban J connectivity index is 3.96. The van der Waals surface area contributed by atoms with E-state index in [1.807, 2.05) is 7.05 Å². The summed E-state index contributed by atoms with van der Waals surface area (Å²) in [5.74, 6) is 0. The van der Waals surface area contributed by atoms with Gasteiger partial charge in [0, 0.05) is 19.2 Å². The van der Waals surface area contributed by atoms with Crippen LogP contribution in [0.15, 0.2) is 0 Å². The molecule has 0 amide bonds. The highest BCUT2D eigenvalue weighted by molar-refractivity contribution is 4.79. The van der Waals surface area contributed by atoms with Crippen LogP contribution in [0.25, 0.3) is 0 Å². The fraction of sp³-hybridized carbons (Fsp3) is 1.00. The quantitative estimate of drug-likeness (QED) is 0.587. The molecule has 0 aromatic heterocycles. The van der Waals surface area contributed by atoms with Crippen LogP contribution in [0.4, 0.5) is 0 Å². The number of methoxy groups -OCH3 is 1. The van der Waals surface area contributed by atoms with Gasteiger partial charge in [0.1, 0.15) is 0 Å². The molecule has 2 atom stereocenters. The van der Waals surface area contributed by atoms with Crippen molar-refractivity contribution < 1.29 is 9.84 Å². The Labute approximate surface area is 87.0 Å². The molecule has 0 radical (unpaired) electrons. The van der Waals surface area contributed by atoms with Gasteiger partial charge in [-0.25, -0.2) is 0 Å². The minimum Gasteiger partial charge on any atom is -0.395 e. The van der Waals surface area contributed by atoms with Crippen molar-refractivity contribution >= 4 is 0 Å². The second-order valence-corrected chi connectivity index (χ2v) is 3.70. The second-order valence-electron chi connectivity index (χ2n) is 3.70. The molecule has 86 valence electrons. The van der Waals surface area contributed by atoms with Crippen molar-refractivity contribution in [3.63, 3.8) is 0 Å². The van der Waals surface area contributed by atoms with Gasteiger partial charge in [0.05, 0.1) is 13.2 Å². The number of likely N-dealkylation sites (N-methyl/N-ethyl adjacent to an activating group) is 1. The Morgan fingerprint density at radius 3 is 2.57 bits per heavy atom. The van der Waals surface area contributed by atoms with E-state index in [9.17, 15) is 5.11 Å². The van der Waals surface area contributed by atoms with Gasteiger partial charge in [-0.15, -0.1) is 0 Å². The first-order valence-electron chi connectivity index (χ1n) is 5.23. The van der Waals surface area contributed by atoms with Crippen LogP contribution < -0.4 is 5.73 Å². The van der Waals surface area contributed by atoms with Crippen molar-refractivity contribution in [1.29, 1.82) is 0 Å². The lowest BCUT2D eigenvalue weighted by atomic mass is 10.1. The SMILES string of the molecule is CCCCN(C)C(CO)C(N)COC. The van der Waals surface area contributed by atoms with Crippen LogP contribution >= 0.6 is 0 Å². The molecule has 0 heterocycles. The molecule has 3 N–H and O–H groups in total. The molecule has 0 fully saturated rings. The molecule has 0 saturated heterocycles. The summed E-state index contributed by atoms with van der Waals surface area (Å²) in [5, 5.41) is 9.22. The Morgan fingerprint density at radius 1 is 1.50 bits per heavy atom. The van der Waals surface area contributed by atoms with Gasteiger partial charge in [-0.05, 0) is 20.0 Å². The smallest absolute Gasteiger partial charge is 0.0629 e. The lowest BCUT2D eigenvalue weighted by molar-refractivity contribution is 0.0847. The van der Waals surface area contributed by atoms with Crippen molar-refractivity contribution in [2.24, 2.45) is 5.73 Å². The Hall–Kier alpha value is -0.160. The van der Waals surface area contributed by atoms with Gasteiger partial charge in [-0.3, -0.25) is 4.90 Å². The number of nitrogens with zero attached hydrogens (tertiary/aromatic N) is 1. The number of nitrogens with two attached hydrogens (primary N) is 1. The lowest BCUT2D eigenvalue weighted by Crippen LogP contribution is -2.50. The molecule has 0 aliphatic carbocycles. The van der Waals surface area contributed by atoms with E-state index in [-0.39, 0.29) is 18.7 Å². The summed E-state index contributed by atoms with van der Waals surface area (Å²) in [5.41, 5.74) is 5.88. The van der Waals surface area contributed by atoms with Crippen LogP contribution in [0, 0.1) is 0 Å². The Morgan fingerprint density at radius 2 is 2.14 bits per heavy atom. The Bertz CT molecular complexity index is 133. The molecule has 0 aromatic rings. The van der Waals surface area contributed by atoms with Crippen LogP contribution in [0.1, 0.15) is 19.8 Å². The van der Waals surface area contributed by atoms with Gasteiger partial charge in [0.2, 0.25) is 0 Å². The van der Waals surface area contributed by atoms with Gasteiger partial charge < -0.3 is 15.6 Å². The number of aliphatic hydroxyl groups excluding tert-OH is 1. The van der Waals surface area contributed by atoms with E-state index >= 15 is 0 Å². The minimum absolute atomic E-state index is 0.00139. The van der Waals surface area contributed by atoms with E-state index in [0.717, 1.165) is 19.4 Å². The van der Waals surface area contributed by atoms with Crippen molar-refractivity contribution in [1.82, 2.24) is 4.90 Å². The number of aliphatic hydroxyl groups is 1. The molecule has 0 spiro atoms. The molecule has 0 aromatic carbocycles. The summed E-state index contributed by atoms with van der Waals surface area (Å²) >= 11 is 0. The molecule has 0 aliphatic rings. The normalized spacial score (nSPS) is 15.9. The first kappa shape index (κ1) is 13.8. The average Bonchev–Trinajstić information content (AvgIpc) is 2.16. The molecule has 4 nitrogen and oxygen atoms in total. The van der Waals surface area contributed by atoms with E-state index in [0.29, 0.717) is 6.61 Å². The number of hydrogen-bond acceptors (Lipinski definition) is 4. The van der Waals surface area contributed by atoms with Gasteiger partial charge in [0.15, 0.2) is 0 Å². The highest BCUT2D eigenvalue weighted by atomic mass is 16.5. The zero-order valence-corrected chi connectivity index (χ0v) is 9.57. The topological polar surface area (TPSA) is 58.7 Å². The third-order valence-corrected chi connectivity index (χ3v) is 2.47. The summed E-state index contributed by atoms with van der Waals surface area (Å²) in [7, 11) is 3.62. The molecule has 0 rings (SSSR count). The van der Waals surface area contributed by atoms with Gasteiger partial charge in [0.25, 0.3) is 0 Å². The maximum atomic E-state index is 9.22. The van der Waals surface area contributed by atoms with Crippen molar-refractivity contribution in [2.45, 2.75) is 31.8 Å². The highest BCUT2D eigenvalue weighted by Gasteiger charge is 2.20. The van der Waals surface area contributed by atoms with E-state index in [1.54, 1.807) is 7.11 Å². The number of rotatable bonds is 8. The van der Waals surface area contributed by atoms with Crippen molar-refractivity contribution in [3.8, 4) is 0 Å². The Kier molecular flexibility index (Phi) is 8.08. The van der Waals surface area contributed by atoms with Gasteiger partial charge in [-0.1, -0.05) is 13.3 Å². The second kappa shape index (κ2) is 8.17. The van der Waals surface area contributed by atoms with E-state index in [4.69, 9.17) is 10.5 Å². The largest absolute Gasteiger partial charge is 0.395 e. The molecule has 2 unspecified atom stereocenters. The van der Waals surface area contributed by atoms with E-state index in [1.165, 1.54) is 0 Å². The predicted octanol–water partition coefficient (Wildman–Crippen LogP) is 0.0529. The third-order valence-electron chi connectivity index (χ3n) is 2.47. The highest BCUT2D eigenvalue weighted by Crippen LogP contribution is 2.03. The van der Waals surface area contributed by atoms with Crippen LogP contribution in [-0.4, -0.2) is 56.0 Å². The minimum atomic E-state index is -0.119. The summed E-state index contributed by atoms with van der Waals surface area (Å²) < 4.78 is 4.98. The van der Waals surface area contributed by atoms with Crippen LogP contribution in [0.3, 0.4) is 0 Å². The van der Waals surface area contributed by atoms with Crippen molar-refractivity contribution in [2.75, 3.05) is 33.9 Å². The molecule has 0 aliphatic heterocycles. The average molecular weight is 204 g/mol. The van der Waals surface area contributed by atoms with Crippen molar-refractivity contribution in [3.05, 3.63) is 0 Å². The standard InChI is InChI=1S/C10H24N2O2/c1-4-5-6-12(2)10(7-13)9(11)8-14-3/h9-10,13H,4-8,11H2,1-3H3. The number of hydrogen-bond donors (Lipinski definition) is 2. The molecular formula is C10H24N2O2. The number of unbranched alkanes of at least 4 members (excludes halogenated alkanes) is 1. The van der Waals surface area contributed by atoms with Gasteiger partial charge >= 0.3 is 0 Å². The predicted molar refractivity (Wildman–Crippen MR) is 58.3 cm³/mol. The summed E-state index contributed by atoms with van der Waals surface area (Å²) in [4.78, 5) is 2.10. The molecule has 4 heteroatoms. The first-order chi connectivity index (χ1) is 6.67.